The Hall–Kier alpha value is -3.20. The number of anilines is 1. The number of thioether (sulfide) groups is 1. The van der Waals surface area contributed by atoms with E-state index in [0.717, 1.165) is 11.3 Å². The summed E-state index contributed by atoms with van der Waals surface area (Å²) in [5, 5.41) is 22.4. The fourth-order valence-electron chi connectivity index (χ4n) is 2.51. The highest BCUT2D eigenvalue weighted by Gasteiger charge is 2.20. The topological polar surface area (TPSA) is 103 Å². The molecular weight excluding hydrogens is 366 g/mol. The van der Waals surface area contributed by atoms with Crippen LogP contribution in [0, 0.1) is 24.0 Å². The van der Waals surface area contributed by atoms with Crippen LogP contribution in [-0.2, 0) is 4.79 Å². The summed E-state index contributed by atoms with van der Waals surface area (Å²) in [7, 11) is 0. The average Bonchev–Trinajstić information content (AvgIpc) is 3.13. The molecule has 1 aromatic heterocycles. The van der Waals surface area contributed by atoms with Crippen molar-refractivity contribution >= 4 is 29.0 Å². The first-order valence-electron chi connectivity index (χ1n) is 8.10. The van der Waals surface area contributed by atoms with Gasteiger partial charge in [-0.1, -0.05) is 36.0 Å². The Kier molecular flexibility index (Phi) is 5.51. The third-order valence-corrected chi connectivity index (χ3v) is 5.00. The van der Waals surface area contributed by atoms with E-state index in [1.807, 2.05) is 37.3 Å². The van der Waals surface area contributed by atoms with Crippen LogP contribution in [0.5, 0.6) is 0 Å². The molecule has 3 rings (SSSR count). The zero-order chi connectivity index (χ0) is 19.4. The van der Waals surface area contributed by atoms with Gasteiger partial charge in [-0.05, 0) is 37.1 Å². The maximum Gasteiger partial charge on any atom is 0.293 e. The van der Waals surface area contributed by atoms with Gasteiger partial charge in [0.15, 0.2) is 5.16 Å². The molecule has 1 N–H and O–H groups in total. The number of benzene rings is 2. The first kappa shape index (κ1) is 18.6. The summed E-state index contributed by atoms with van der Waals surface area (Å²) in [6.45, 7) is 3.59. The zero-order valence-corrected chi connectivity index (χ0v) is 15.6. The van der Waals surface area contributed by atoms with Crippen molar-refractivity contribution in [3.8, 4) is 5.69 Å². The number of nitrogens with zero attached hydrogens (tertiary/aromatic N) is 4. The molecule has 0 unspecified atom stereocenters. The molecule has 1 amide bonds. The van der Waals surface area contributed by atoms with Crippen molar-refractivity contribution in [1.29, 1.82) is 0 Å². The van der Waals surface area contributed by atoms with E-state index < -0.39 is 4.92 Å². The number of hydrogen-bond acceptors (Lipinski definition) is 6. The second kappa shape index (κ2) is 8.00. The van der Waals surface area contributed by atoms with Crippen LogP contribution in [-0.4, -0.2) is 31.3 Å². The lowest BCUT2D eigenvalue weighted by Crippen LogP contribution is -2.17. The van der Waals surface area contributed by atoms with Crippen molar-refractivity contribution in [3.63, 3.8) is 0 Å². The molecule has 0 bridgehead atoms. The van der Waals surface area contributed by atoms with Crippen molar-refractivity contribution in [3.05, 3.63) is 70.0 Å². The van der Waals surface area contributed by atoms with Gasteiger partial charge < -0.3 is 5.32 Å². The minimum atomic E-state index is -0.499. The maximum absolute atomic E-state index is 12.4. The molecule has 0 radical (unpaired) electrons. The molecule has 9 heteroatoms. The lowest BCUT2D eigenvalue weighted by atomic mass is 10.1. The normalized spacial score (nSPS) is 10.6. The molecule has 0 aliphatic rings. The van der Waals surface area contributed by atoms with E-state index in [-0.39, 0.29) is 23.0 Å². The zero-order valence-electron chi connectivity index (χ0n) is 14.7. The SMILES string of the molecule is Cc1ccc([N+](=O)[O-])c(NC(=O)CSc2nncn2-c2ccccc2)c1C. The summed E-state index contributed by atoms with van der Waals surface area (Å²) >= 11 is 1.21. The maximum atomic E-state index is 12.4. The monoisotopic (exact) mass is 383 g/mol. The van der Waals surface area contributed by atoms with Crippen LogP contribution in [0.4, 0.5) is 11.4 Å². The number of carbonyl (C=O) groups excluding carboxylic acids is 1. The Morgan fingerprint density at radius 2 is 1.96 bits per heavy atom. The highest BCUT2D eigenvalue weighted by molar-refractivity contribution is 7.99. The lowest BCUT2D eigenvalue weighted by molar-refractivity contribution is -0.384. The second-order valence-electron chi connectivity index (χ2n) is 5.81. The Morgan fingerprint density at radius 1 is 1.22 bits per heavy atom. The summed E-state index contributed by atoms with van der Waals surface area (Å²) < 4.78 is 1.78. The number of rotatable bonds is 6. The molecule has 3 aromatic rings. The van der Waals surface area contributed by atoms with E-state index in [4.69, 9.17) is 0 Å². The molecule has 0 fully saturated rings. The van der Waals surface area contributed by atoms with Gasteiger partial charge in [0.05, 0.1) is 10.7 Å². The summed E-state index contributed by atoms with van der Waals surface area (Å²) in [4.78, 5) is 23.1. The quantitative estimate of drug-likeness (QED) is 0.397. The minimum absolute atomic E-state index is 0.0516. The molecule has 1 heterocycles. The van der Waals surface area contributed by atoms with E-state index in [1.54, 1.807) is 23.9 Å². The highest BCUT2D eigenvalue weighted by Crippen LogP contribution is 2.30. The van der Waals surface area contributed by atoms with Gasteiger partial charge >= 0.3 is 0 Å². The van der Waals surface area contributed by atoms with Crippen LogP contribution in [0.3, 0.4) is 0 Å². The summed E-state index contributed by atoms with van der Waals surface area (Å²) in [5.41, 5.74) is 2.54. The highest BCUT2D eigenvalue weighted by atomic mass is 32.2. The Labute approximate surface area is 159 Å². The van der Waals surface area contributed by atoms with Crippen molar-refractivity contribution in [2.24, 2.45) is 0 Å². The van der Waals surface area contributed by atoms with E-state index in [1.165, 1.54) is 17.8 Å². The molecule has 2 aromatic carbocycles. The summed E-state index contributed by atoms with van der Waals surface area (Å²) in [6, 6.07) is 12.6. The van der Waals surface area contributed by atoms with Crippen molar-refractivity contribution in [2.75, 3.05) is 11.1 Å². The van der Waals surface area contributed by atoms with E-state index >= 15 is 0 Å². The number of aromatic nitrogens is 3. The third kappa shape index (κ3) is 4.14. The summed E-state index contributed by atoms with van der Waals surface area (Å²) in [6.07, 6.45) is 1.57. The van der Waals surface area contributed by atoms with Crippen molar-refractivity contribution in [2.45, 2.75) is 19.0 Å². The number of nitro groups is 1. The second-order valence-corrected chi connectivity index (χ2v) is 6.76. The predicted molar refractivity (Wildman–Crippen MR) is 103 cm³/mol. The molecule has 0 aliphatic carbocycles. The van der Waals surface area contributed by atoms with Gasteiger partial charge in [-0.3, -0.25) is 19.5 Å². The van der Waals surface area contributed by atoms with Crippen LogP contribution < -0.4 is 5.32 Å². The van der Waals surface area contributed by atoms with Gasteiger partial charge in [0, 0.05) is 11.8 Å². The smallest absolute Gasteiger partial charge is 0.293 e. The lowest BCUT2D eigenvalue weighted by Gasteiger charge is -2.11. The van der Waals surface area contributed by atoms with Crippen molar-refractivity contribution in [1.82, 2.24) is 14.8 Å². The average molecular weight is 383 g/mol. The fraction of sp³-hybridized carbons (Fsp3) is 0.167. The molecule has 8 nitrogen and oxygen atoms in total. The molecule has 0 aliphatic heterocycles. The van der Waals surface area contributed by atoms with E-state index in [0.29, 0.717) is 10.7 Å². The fourth-order valence-corrected chi connectivity index (χ4v) is 3.23. The van der Waals surface area contributed by atoms with Gasteiger partial charge in [-0.25, -0.2) is 0 Å². The van der Waals surface area contributed by atoms with Crippen LogP contribution >= 0.6 is 11.8 Å². The molecule has 0 saturated carbocycles. The van der Waals surface area contributed by atoms with Gasteiger partial charge in [0.2, 0.25) is 5.91 Å². The third-order valence-electron chi connectivity index (χ3n) is 4.06. The number of nitrogens with one attached hydrogen (secondary N) is 1. The molecule has 27 heavy (non-hydrogen) atoms. The van der Waals surface area contributed by atoms with Crippen LogP contribution in [0.25, 0.3) is 5.69 Å². The number of para-hydroxylation sites is 1. The number of aryl methyl sites for hydroxylation is 1. The van der Waals surface area contributed by atoms with Crippen LogP contribution in [0.15, 0.2) is 53.9 Å². The summed E-state index contributed by atoms with van der Waals surface area (Å²) in [5.74, 6) is -0.296. The first-order valence-corrected chi connectivity index (χ1v) is 9.08. The molecule has 0 atom stereocenters. The van der Waals surface area contributed by atoms with E-state index in [9.17, 15) is 14.9 Å². The van der Waals surface area contributed by atoms with E-state index in [2.05, 4.69) is 15.5 Å². The van der Waals surface area contributed by atoms with Crippen molar-refractivity contribution < 1.29 is 9.72 Å². The number of hydrogen-bond donors (Lipinski definition) is 1. The molecule has 0 saturated heterocycles. The standard InChI is InChI=1S/C18H17N5O3S/c1-12-8-9-15(23(25)26)17(13(12)2)20-16(24)10-27-18-21-19-11-22(18)14-6-4-3-5-7-14/h3-9,11H,10H2,1-2H3,(H,20,24). The predicted octanol–water partition coefficient (Wildman–Crippen LogP) is 3.52. The molecular formula is C18H17N5O3S. The Bertz CT molecular complexity index is 988. The molecule has 0 spiro atoms. The first-order chi connectivity index (χ1) is 13.0. The minimum Gasteiger partial charge on any atom is -0.319 e. The molecule has 138 valence electrons. The largest absolute Gasteiger partial charge is 0.319 e. The van der Waals surface area contributed by atoms with Crippen LogP contribution in [0.1, 0.15) is 11.1 Å². The Morgan fingerprint density at radius 3 is 2.67 bits per heavy atom. The number of amides is 1. The van der Waals surface area contributed by atoms with Gasteiger partial charge in [0.1, 0.15) is 12.0 Å². The van der Waals surface area contributed by atoms with Crippen LogP contribution in [0.2, 0.25) is 0 Å². The van der Waals surface area contributed by atoms with Gasteiger partial charge in [-0.15, -0.1) is 10.2 Å². The number of nitro benzene ring substituents is 1. The number of carbonyl (C=O) groups is 1. The Balaban J connectivity index is 1.73. The van der Waals surface area contributed by atoms with Gasteiger partial charge in [0.25, 0.3) is 5.69 Å². The van der Waals surface area contributed by atoms with Gasteiger partial charge in [-0.2, -0.15) is 0 Å².